The lowest BCUT2D eigenvalue weighted by molar-refractivity contribution is -0.121. The highest BCUT2D eigenvalue weighted by molar-refractivity contribution is 5.75. The second kappa shape index (κ2) is 3.94. The first-order valence-electron chi connectivity index (χ1n) is 3.93. The van der Waals surface area contributed by atoms with E-state index in [2.05, 4.69) is 10.6 Å². The van der Waals surface area contributed by atoms with E-state index in [-0.39, 0.29) is 12.0 Å². The Labute approximate surface area is 70.5 Å². The van der Waals surface area contributed by atoms with Gasteiger partial charge in [0.2, 0.25) is 5.91 Å². The zero-order valence-electron chi connectivity index (χ0n) is 6.92. The lowest BCUT2D eigenvalue weighted by atomic mass is 10.3. The molecule has 0 spiro atoms. The van der Waals surface area contributed by atoms with Crippen LogP contribution in [0.5, 0.6) is 0 Å². The molecule has 5 nitrogen and oxygen atoms in total. The van der Waals surface area contributed by atoms with Crippen molar-refractivity contribution in [2.75, 3.05) is 13.1 Å². The molecule has 1 unspecified atom stereocenters. The van der Waals surface area contributed by atoms with Gasteiger partial charge in [-0.15, -0.1) is 0 Å². The second-order valence-electron chi connectivity index (χ2n) is 2.57. The number of hydrogen-bond acceptors (Lipinski definition) is 3. The molecule has 0 aromatic rings. The van der Waals surface area contributed by atoms with Crippen molar-refractivity contribution in [3.63, 3.8) is 0 Å². The van der Waals surface area contributed by atoms with Gasteiger partial charge in [-0.1, -0.05) is 6.92 Å². The third kappa shape index (κ3) is 2.41. The fraction of sp³-hybridized carbons (Fsp3) is 0.714. The van der Waals surface area contributed by atoms with Crippen LogP contribution < -0.4 is 10.6 Å². The van der Waals surface area contributed by atoms with Crippen molar-refractivity contribution < 1.29 is 14.3 Å². The summed E-state index contributed by atoms with van der Waals surface area (Å²) < 4.78 is 4.79. The predicted molar refractivity (Wildman–Crippen MR) is 41.6 cm³/mol. The first-order chi connectivity index (χ1) is 5.72. The third-order valence-corrected chi connectivity index (χ3v) is 1.60. The number of cyclic esters (lactones) is 1. The van der Waals surface area contributed by atoms with Crippen LogP contribution in [0.1, 0.15) is 13.3 Å². The summed E-state index contributed by atoms with van der Waals surface area (Å²) in [6, 6.07) is 0. The molecular formula is C7H12N2O3. The van der Waals surface area contributed by atoms with Crippen molar-refractivity contribution in [2.45, 2.75) is 19.4 Å². The maximum Gasteiger partial charge on any atom is 0.407 e. The lowest BCUT2D eigenvalue weighted by Gasteiger charge is -2.07. The molecule has 2 N–H and O–H groups in total. The molecule has 1 aliphatic rings. The maximum absolute atomic E-state index is 10.8. The quantitative estimate of drug-likeness (QED) is 0.609. The third-order valence-electron chi connectivity index (χ3n) is 1.60. The van der Waals surface area contributed by atoms with Crippen molar-refractivity contribution in [1.82, 2.24) is 10.6 Å². The SMILES string of the molecule is CCC(=O)NCC1CNC(=O)O1. The van der Waals surface area contributed by atoms with E-state index in [1.54, 1.807) is 6.92 Å². The smallest absolute Gasteiger partial charge is 0.407 e. The Kier molecular flexibility index (Phi) is 2.90. The highest BCUT2D eigenvalue weighted by Gasteiger charge is 2.22. The van der Waals surface area contributed by atoms with Gasteiger partial charge in [-0.3, -0.25) is 4.79 Å². The minimum atomic E-state index is -0.411. The fourth-order valence-corrected chi connectivity index (χ4v) is 0.898. The van der Waals surface area contributed by atoms with E-state index in [1.807, 2.05) is 0 Å². The van der Waals surface area contributed by atoms with Crippen LogP contribution in [0, 0.1) is 0 Å². The number of amides is 2. The highest BCUT2D eigenvalue weighted by Crippen LogP contribution is 1.97. The van der Waals surface area contributed by atoms with Gasteiger partial charge in [0.1, 0.15) is 6.10 Å². The molecule has 1 aliphatic heterocycles. The van der Waals surface area contributed by atoms with E-state index in [1.165, 1.54) is 0 Å². The fourth-order valence-electron chi connectivity index (χ4n) is 0.898. The van der Waals surface area contributed by atoms with Crippen LogP contribution in [-0.4, -0.2) is 31.2 Å². The molecule has 5 heteroatoms. The molecule has 0 aromatic carbocycles. The Morgan fingerprint density at radius 3 is 3.08 bits per heavy atom. The van der Waals surface area contributed by atoms with Gasteiger partial charge < -0.3 is 15.4 Å². The number of carbonyl (C=O) groups is 2. The Bertz CT molecular complexity index is 193. The van der Waals surface area contributed by atoms with Crippen LogP contribution in [0.2, 0.25) is 0 Å². The summed E-state index contributed by atoms with van der Waals surface area (Å²) in [5, 5.41) is 5.14. The summed E-state index contributed by atoms with van der Waals surface area (Å²) in [5.41, 5.74) is 0. The molecule has 2 amide bonds. The first kappa shape index (κ1) is 8.83. The monoisotopic (exact) mass is 172 g/mol. The average Bonchev–Trinajstić information content (AvgIpc) is 2.47. The van der Waals surface area contributed by atoms with Gasteiger partial charge >= 0.3 is 6.09 Å². The molecule has 0 aromatic heterocycles. The molecule has 1 saturated heterocycles. The summed E-state index contributed by atoms with van der Waals surface area (Å²) in [7, 11) is 0. The zero-order chi connectivity index (χ0) is 8.97. The van der Waals surface area contributed by atoms with E-state index >= 15 is 0 Å². The minimum Gasteiger partial charge on any atom is -0.442 e. The molecule has 1 rings (SSSR count). The van der Waals surface area contributed by atoms with Crippen molar-refractivity contribution >= 4 is 12.0 Å². The van der Waals surface area contributed by atoms with Gasteiger partial charge in [-0.2, -0.15) is 0 Å². The normalized spacial score (nSPS) is 21.4. The van der Waals surface area contributed by atoms with Crippen molar-refractivity contribution in [3.8, 4) is 0 Å². The number of carbonyl (C=O) groups excluding carboxylic acids is 2. The van der Waals surface area contributed by atoms with Crippen LogP contribution >= 0.6 is 0 Å². The van der Waals surface area contributed by atoms with E-state index < -0.39 is 6.09 Å². The molecule has 1 heterocycles. The largest absolute Gasteiger partial charge is 0.442 e. The molecule has 0 bridgehead atoms. The van der Waals surface area contributed by atoms with E-state index in [0.717, 1.165) is 0 Å². The Hall–Kier alpha value is -1.26. The number of ether oxygens (including phenoxy) is 1. The molecule has 0 saturated carbocycles. The van der Waals surface area contributed by atoms with Gasteiger partial charge in [0.15, 0.2) is 0 Å². The van der Waals surface area contributed by atoms with Gasteiger partial charge in [-0.05, 0) is 0 Å². The van der Waals surface area contributed by atoms with Crippen LogP contribution in [0.3, 0.4) is 0 Å². The summed E-state index contributed by atoms with van der Waals surface area (Å²) in [5.74, 6) is -0.0297. The Morgan fingerprint density at radius 1 is 1.83 bits per heavy atom. The molecule has 12 heavy (non-hydrogen) atoms. The highest BCUT2D eigenvalue weighted by atomic mass is 16.6. The van der Waals surface area contributed by atoms with Crippen LogP contribution in [0.25, 0.3) is 0 Å². The lowest BCUT2D eigenvalue weighted by Crippen LogP contribution is -2.33. The number of nitrogens with one attached hydrogen (secondary N) is 2. The number of hydrogen-bond donors (Lipinski definition) is 2. The number of rotatable bonds is 3. The molecular weight excluding hydrogens is 160 g/mol. The van der Waals surface area contributed by atoms with Crippen LogP contribution in [-0.2, 0) is 9.53 Å². The minimum absolute atomic E-state index is 0.0297. The molecule has 1 atom stereocenters. The standard InChI is InChI=1S/C7H12N2O3/c1-2-6(10)8-3-5-4-9-7(11)12-5/h5H,2-4H2,1H3,(H,8,10)(H,9,11). The van der Waals surface area contributed by atoms with Crippen molar-refractivity contribution in [3.05, 3.63) is 0 Å². The Balaban J connectivity index is 2.16. The summed E-state index contributed by atoms with van der Waals surface area (Å²) >= 11 is 0. The van der Waals surface area contributed by atoms with Gasteiger partial charge in [-0.25, -0.2) is 4.79 Å². The summed E-state index contributed by atoms with van der Waals surface area (Å²) in [6.07, 6.45) is -0.174. The van der Waals surface area contributed by atoms with E-state index in [4.69, 9.17) is 4.74 Å². The molecule has 0 radical (unpaired) electrons. The summed E-state index contributed by atoms with van der Waals surface area (Å²) in [6.45, 7) is 2.64. The zero-order valence-corrected chi connectivity index (χ0v) is 6.92. The molecule has 1 fully saturated rings. The predicted octanol–water partition coefficient (Wildman–Crippen LogP) is -0.379. The summed E-state index contributed by atoms with van der Waals surface area (Å²) in [4.78, 5) is 21.3. The van der Waals surface area contributed by atoms with Crippen LogP contribution in [0.4, 0.5) is 4.79 Å². The van der Waals surface area contributed by atoms with Crippen molar-refractivity contribution in [1.29, 1.82) is 0 Å². The van der Waals surface area contributed by atoms with Gasteiger partial charge in [0.05, 0.1) is 13.1 Å². The van der Waals surface area contributed by atoms with Crippen LogP contribution in [0.15, 0.2) is 0 Å². The molecule has 0 aliphatic carbocycles. The number of alkyl carbamates (subject to hydrolysis) is 1. The van der Waals surface area contributed by atoms with Gasteiger partial charge in [0, 0.05) is 6.42 Å². The van der Waals surface area contributed by atoms with Crippen molar-refractivity contribution in [2.24, 2.45) is 0 Å². The Morgan fingerprint density at radius 2 is 2.58 bits per heavy atom. The second-order valence-corrected chi connectivity index (χ2v) is 2.57. The maximum atomic E-state index is 10.8. The van der Waals surface area contributed by atoms with Gasteiger partial charge in [0.25, 0.3) is 0 Å². The first-order valence-corrected chi connectivity index (χ1v) is 3.93. The van der Waals surface area contributed by atoms with E-state index in [9.17, 15) is 9.59 Å². The average molecular weight is 172 g/mol. The molecule has 68 valence electrons. The topological polar surface area (TPSA) is 67.4 Å². The van der Waals surface area contributed by atoms with E-state index in [0.29, 0.717) is 19.5 Å².